The lowest BCUT2D eigenvalue weighted by Gasteiger charge is -2.20. The third-order valence-corrected chi connectivity index (χ3v) is 7.23. The molecule has 0 bridgehead atoms. The second kappa shape index (κ2) is 15.0. The number of ketones is 2. The number of carbonyl (C=O) groups excluding carboxylic acids is 4. The van der Waals surface area contributed by atoms with E-state index in [0.717, 1.165) is 25.7 Å². The number of esters is 2. The Bertz CT molecular complexity index is 1670. The van der Waals surface area contributed by atoms with Gasteiger partial charge in [-0.15, -0.1) is 0 Å². The third kappa shape index (κ3) is 7.15. The van der Waals surface area contributed by atoms with Crippen molar-refractivity contribution in [1.29, 1.82) is 0 Å². The van der Waals surface area contributed by atoms with Gasteiger partial charge in [-0.2, -0.15) is 0 Å². The Morgan fingerprint density at radius 1 is 0.636 bits per heavy atom. The maximum atomic E-state index is 14.2. The molecular weight excluding hydrogens is 584 g/mol. The zero-order chi connectivity index (χ0) is 31.6. The molecule has 0 spiro atoms. The zero-order valence-corrected chi connectivity index (χ0v) is 24.8. The van der Waals surface area contributed by atoms with Gasteiger partial charge in [-0.05, 0) is 30.7 Å². The Kier molecular flexibility index (Phi) is 10.9. The number of ether oxygens (including phenoxy) is 2. The minimum absolute atomic E-state index is 0.00317. The van der Waals surface area contributed by atoms with Crippen molar-refractivity contribution in [3.63, 3.8) is 0 Å². The van der Waals surface area contributed by atoms with Crippen LogP contribution in [-0.2, 0) is 4.74 Å². The summed E-state index contributed by atoms with van der Waals surface area (Å²) in [6.45, 7) is 2.03. The summed E-state index contributed by atoms with van der Waals surface area (Å²) in [7, 11) is 0. The van der Waals surface area contributed by atoms with E-state index in [4.69, 9.17) is 21.1 Å². The normalized spacial score (nSPS) is 10.7. The number of hydrogen-bond donors (Lipinski definition) is 2. The van der Waals surface area contributed by atoms with Gasteiger partial charge in [0.15, 0.2) is 23.1 Å². The van der Waals surface area contributed by atoms with Gasteiger partial charge < -0.3 is 19.7 Å². The molecule has 0 aliphatic carbocycles. The van der Waals surface area contributed by atoms with Crippen LogP contribution >= 0.6 is 11.6 Å². The van der Waals surface area contributed by atoms with Gasteiger partial charge in [0.1, 0.15) is 0 Å². The van der Waals surface area contributed by atoms with Gasteiger partial charge in [0.25, 0.3) is 0 Å². The van der Waals surface area contributed by atoms with E-state index in [0.29, 0.717) is 6.42 Å². The van der Waals surface area contributed by atoms with Gasteiger partial charge >= 0.3 is 11.9 Å². The highest BCUT2D eigenvalue weighted by Gasteiger charge is 2.38. The van der Waals surface area contributed by atoms with Crippen LogP contribution < -0.4 is 4.74 Å². The topological polar surface area (TPSA) is 127 Å². The number of benzene rings is 4. The lowest BCUT2D eigenvalue weighted by atomic mass is 9.88. The van der Waals surface area contributed by atoms with E-state index < -0.39 is 57.4 Å². The molecule has 0 amide bonds. The molecule has 0 atom stereocenters. The van der Waals surface area contributed by atoms with Gasteiger partial charge in [-0.3, -0.25) is 9.59 Å². The number of rotatable bonds is 13. The highest BCUT2D eigenvalue weighted by atomic mass is 35.5. The van der Waals surface area contributed by atoms with E-state index >= 15 is 0 Å². The highest BCUT2D eigenvalue weighted by Crippen LogP contribution is 2.46. The van der Waals surface area contributed by atoms with Crippen molar-refractivity contribution in [2.24, 2.45) is 0 Å². The quantitative estimate of drug-likeness (QED) is 0.0519. The molecule has 8 nitrogen and oxygen atoms in total. The minimum Gasteiger partial charge on any atom is -0.504 e. The first-order valence-corrected chi connectivity index (χ1v) is 14.6. The smallest absolute Gasteiger partial charge is 0.343 e. The van der Waals surface area contributed by atoms with Gasteiger partial charge in [0.2, 0.25) is 5.75 Å². The summed E-state index contributed by atoms with van der Waals surface area (Å²) in [5.41, 5.74) is -2.00. The summed E-state index contributed by atoms with van der Waals surface area (Å²) >= 11 is 6.34. The van der Waals surface area contributed by atoms with Gasteiger partial charge in [0, 0.05) is 11.1 Å². The molecule has 44 heavy (non-hydrogen) atoms. The van der Waals surface area contributed by atoms with E-state index in [2.05, 4.69) is 6.92 Å². The molecule has 0 heterocycles. The highest BCUT2D eigenvalue weighted by molar-refractivity contribution is 6.36. The molecule has 0 saturated heterocycles. The van der Waals surface area contributed by atoms with Crippen LogP contribution in [0.3, 0.4) is 0 Å². The minimum atomic E-state index is -1.12. The van der Waals surface area contributed by atoms with Crippen LogP contribution in [0, 0.1) is 0 Å². The molecule has 0 radical (unpaired) electrons. The third-order valence-electron chi connectivity index (χ3n) is 6.90. The molecule has 0 unspecified atom stereocenters. The van der Waals surface area contributed by atoms with E-state index in [1.54, 1.807) is 42.5 Å². The first-order valence-electron chi connectivity index (χ1n) is 14.2. The summed E-state index contributed by atoms with van der Waals surface area (Å²) in [6, 6.07) is 21.3. The Balaban J connectivity index is 1.95. The molecule has 4 aromatic rings. The fourth-order valence-corrected chi connectivity index (χ4v) is 4.85. The van der Waals surface area contributed by atoms with Crippen LogP contribution in [0.2, 0.25) is 5.02 Å². The Morgan fingerprint density at radius 3 is 1.86 bits per heavy atom. The SMILES string of the molecule is CCCCCCCOC(=O)c1c(C(=O)c2ccccc2)c(O)c(O)c(OC(=O)c2ccccc2)c1C(=O)c1ccccc1Cl. The largest absolute Gasteiger partial charge is 0.504 e. The van der Waals surface area contributed by atoms with E-state index in [-0.39, 0.29) is 28.3 Å². The van der Waals surface area contributed by atoms with Gasteiger partial charge in [-0.1, -0.05) is 105 Å². The summed E-state index contributed by atoms with van der Waals surface area (Å²) < 4.78 is 11.0. The number of phenols is 2. The molecule has 4 aromatic carbocycles. The van der Waals surface area contributed by atoms with Crippen molar-refractivity contribution >= 4 is 35.1 Å². The number of unbranched alkanes of at least 4 members (excludes halogenated alkanes) is 4. The van der Waals surface area contributed by atoms with Crippen molar-refractivity contribution in [3.05, 3.63) is 123 Å². The van der Waals surface area contributed by atoms with E-state index in [1.807, 2.05) is 0 Å². The van der Waals surface area contributed by atoms with Crippen LogP contribution in [0.25, 0.3) is 0 Å². The maximum absolute atomic E-state index is 14.2. The zero-order valence-electron chi connectivity index (χ0n) is 24.0. The first-order chi connectivity index (χ1) is 21.3. The molecule has 0 saturated carbocycles. The predicted molar refractivity (Wildman–Crippen MR) is 165 cm³/mol. The van der Waals surface area contributed by atoms with Crippen LogP contribution in [0.1, 0.15) is 91.6 Å². The fourth-order valence-electron chi connectivity index (χ4n) is 4.62. The van der Waals surface area contributed by atoms with Crippen LogP contribution in [0.5, 0.6) is 17.2 Å². The summed E-state index contributed by atoms with van der Waals surface area (Å²) in [6.07, 6.45) is 4.27. The fraction of sp³-hybridized carbons (Fsp3) is 0.200. The summed E-state index contributed by atoms with van der Waals surface area (Å²) in [4.78, 5) is 54.9. The summed E-state index contributed by atoms with van der Waals surface area (Å²) in [5.74, 6) is -6.89. The molecule has 9 heteroatoms. The number of aromatic hydroxyl groups is 2. The first kappa shape index (κ1) is 32.0. The Hall–Kier alpha value is -4.95. The van der Waals surface area contributed by atoms with Crippen molar-refractivity contribution in [3.8, 4) is 17.2 Å². The summed E-state index contributed by atoms with van der Waals surface area (Å²) in [5, 5.41) is 22.4. The molecule has 0 aliphatic heterocycles. The average Bonchev–Trinajstić information content (AvgIpc) is 3.05. The Labute approximate surface area is 259 Å². The van der Waals surface area contributed by atoms with Crippen molar-refractivity contribution < 1.29 is 38.9 Å². The second-order valence-corrected chi connectivity index (χ2v) is 10.4. The molecule has 2 N–H and O–H groups in total. The van der Waals surface area contributed by atoms with Crippen molar-refractivity contribution in [2.45, 2.75) is 39.0 Å². The van der Waals surface area contributed by atoms with Crippen molar-refractivity contribution in [1.82, 2.24) is 0 Å². The second-order valence-electron chi connectivity index (χ2n) is 9.96. The number of carbonyl (C=O) groups is 4. The predicted octanol–water partition coefficient (Wildman–Crippen LogP) is 7.56. The van der Waals surface area contributed by atoms with Gasteiger partial charge in [-0.25, -0.2) is 9.59 Å². The average molecular weight is 615 g/mol. The maximum Gasteiger partial charge on any atom is 0.343 e. The molecule has 4 rings (SSSR count). The van der Waals surface area contributed by atoms with Crippen LogP contribution in [-0.4, -0.2) is 40.3 Å². The number of hydrogen-bond acceptors (Lipinski definition) is 8. The van der Waals surface area contributed by atoms with Gasteiger partial charge in [0.05, 0.1) is 33.9 Å². The molecule has 0 fully saturated rings. The standard InChI is InChI=1S/C35H31ClO8/c1-2-3-4-5-14-21-43-35(42)26-27(29(37)22-15-8-6-9-16-22)31(39)32(40)33(44-34(41)23-17-10-7-11-18-23)28(26)30(38)24-19-12-13-20-25(24)36/h6-13,15-20,39-40H,2-5,14,21H2,1H3. The van der Waals surface area contributed by atoms with Crippen molar-refractivity contribution in [2.75, 3.05) is 6.61 Å². The lowest BCUT2D eigenvalue weighted by molar-refractivity contribution is 0.0489. The number of phenolic OH excluding ortho intramolecular Hbond substituents is 2. The van der Waals surface area contributed by atoms with E-state index in [1.165, 1.54) is 42.5 Å². The monoisotopic (exact) mass is 614 g/mol. The molecular formula is C35H31ClO8. The molecule has 226 valence electrons. The van der Waals surface area contributed by atoms with E-state index in [9.17, 15) is 29.4 Å². The Morgan fingerprint density at radius 2 is 1.23 bits per heavy atom. The number of halogens is 1. The lowest BCUT2D eigenvalue weighted by Crippen LogP contribution is -2.22. The van der Waals surface area contributed by atoms with Crippen LogP contribution in [0.15, 0.2) is 84.9 Å². The van der Waals surface area contributed by atoms with Crippen LogP contribution in [0.4, 0.5) is 0 Å². The molecule has 0 aliphatic rings. The molecule has 0 aromatic heterocycles.